The highest BCUT2D eigenvalue weighted by Crippen LogP contribution is 2.04. The summed E-state index contributed by atoms with van der Waals surface area (Å²) in [5.41, 5.74) is 5.25. The second-order valence-corrected chi connectivity index (χ2v) is 1.70. The Labute approximate surface area is 42.1 Å². The lowest BCUT2D eigenvalue weighted by Crippen LogP contribution is -2.10. The van der Waals surface area contributed by atoms with E-state index in [0.717, 1.165) is 6.42 Å². The van der Waals surface area contributed by atoms with Crippen molar-refractivity contribution >= 4 is 5.84 Å². The molecule has 0 fully saturated rings. The van der Waals surface area contributed by atoms with Crippen LogP contribution in [0.1, 0.15) is 13.3 Å². The quantitative estimate of drug-likeness (QED) is 0.468. The van der Waals surface area contributed by atoms with E-state index in [1.165, 1.54) is 0 Å². The number of rotatable bonds is 0. The van der Waals surface area contributed by atoms with E-state index in [4.69, 9.17) is 10.6 Å². The van der Waals surface area contributed by atoms with Crippen molar-refractivity contribution in [1.29, 1.82) is 0 Å². The van der Waals surface area contributed by atoms with E-state index in [2.05, 4.69) is 5.16 Å². The van der Waals surface area contributed by atoms with Crippen molar-refractivity contribution in [1.82, 2.24) is 0 Å². The molecule has 0 aliphatic carbocycles. The summed E-state index contributed by atoms with van der Waals surface area (Å²) in [6, 6.07) is 0. The molecule has 1 heterocycles. The second-order valence-electron chi connectivity index (χ2n) is 1.70. The summed E-state index contributed by atoms with van der Waals surface area (Å²) in [7, 11) is 0. The van der Waals surface area contributed by atoms with Gasteiger partial charge in [0.05, 0.1) is 0 Å². The van der Waals surface area contributed by atoms with Crippen LogP contribution >= 0.6 is 0 Å². The van der Waals surface area contributed by atoms with Gasteiger partial charge in [-0.3, -0.25) is 0 Å². The minimum Gasteiger partial charge on any atom is -0.391 e. The summed E-state index contributed by atoms with van der Waals surface area (Å²) < 4.78 is 0. The molecular formula is C4H8N2O. The first kappa shape index (κ1) is 4.43. The highest BCUT2D eigenvalue weighted by atomic mass is 16.6. The summed E-state index contributed by atoms with van der Waals surface area (Å²) in [6.07, 6.45) is 0.972. The third-order valence-electron chi connectivity index (χ3n) is 0.846. The predicted molar refractivity (Wildman–Crippen MR) is 26.8 cm³/mol. The molecule has 2 N–H and O–H groups in total. The largest absolute Gasteiger partial charge is 0.391 e. The van der Waals surface area contributed by atoms with Gasteiger partial charge in [0.2, 0.25) is 0 Å². The van der Waals surface area contributed by atoms with Gasteiger partial charge in [0, 0.05) is 6.42 Å². The topological polar surface area (TPSA) is 47.6 Å². The summed E-state index contributed by atoms with van der Waals surface area (Å²) in [6.45, 7) is 1.93. The maximum absolute atomic E-state index is 5.25. The molecule has 1 aliphatic rings. The van der Waals surface area contributed by atoms with Gasteiger partial charge in [0.1, 0.15) is 11.9 Å². The van der Waals surface area contributed by atoms with E-state index >= 15 is 0 Å². The van der Waals surface area contributed by atoms with E-state index in [1.807, 2.05) is 6.92 Å². The molecule has 0 amide bonds. The van der Waals surface area contributed by atoms with E-state index < -0.39 is 0 Å². The molecule has 1 rings (SSSR count). The number of nitrogens with zero attached hydrogens (tertiary/aromatic N) is 1. The predicted octanol–water partition coefficient (Wildman–Crippen LogP) is 0.0674. The molecule has 1 aliphatic heterocycles. The van der Waals surface area contributed by atoms with Crippen LogP contribution < -0.4 is 5.73 Å². The SMILES string of the molecule is C[C@@H]1CC(N)=NO1. The summed E-state index contributed by atoms with van der Waals surface area (Å²) >= 11 is 0. The number of hydrogen-bond acceptors (Lipinski definition) is 3. The average Bonchev–Trinajstić information content (AvgIpc) is 1.87. The first-order valence-electron chi connectivity index (χ1n) is 2.27. The Kier molecular flexibility index (Phi) is 0.889. The van der Waals surface area contributed by atoms with Gasteiger partial charge in [-0.15, -0.1) is 0 Å². The van der Waals surface area contributed by atoms with Crippen molar-refractivity contribution in [3.63, 3.8) is 0 Å². The molecule has 0 bridgehead atoms. The van der Waals surface area contributed by atoms with Crippen LogP contribution in [0, 0.1) is 0 Å². The van der Waals surface area contributed by atoms with Crippen LogP contribution in [0.15, 0.2) is 5.16 Å². The highest BCUT2D eigenvalue weighted by molar-refractivity contribution is 5.81. The van der Waals surface area contributed by atoms with Gasteiger partial charge in [-0.1, -0.05) is 5.16 Å². The highest BCUT2D eigenvalue weighted by Gasteiger charge is 2.11. The zero-order valence-electron chi connectivity index (χ0n) is 4.22. The Balaban J connectivity index is 2.42. The lowest BCUT2D eigenvalue weighted by Gasteiger charge is -1.93. The molecule has 0 saturated carbocycles. The standard InChI is InChI=1S/C4H8N2O/c1-3-2-4(5)6-7-3/h3H,2H2,1H3,(H2,5,6)/t3-/m1/s1. The second kappa shape index (κ2) is 1.40. The van der Waals surface area contributed by atoms with Gasteiger partial charge in [-0.25, -0.2) is 0 Å². The minimum atomic E-state index is 0.194. The van der Waals surface area contributed by atoms with Crippen molar-refractivity contribution in [2.75, 3.05) is 0 Å². The number of hydrogen-bond donors (Lipinski definition) is 1. The van der Waals surface area contributed by atoms with E-state index in [1.54, 1.807) is 0 Å². The van der Waals surface area contributed by atoms with Crippen LogP contribution in [0.25, 0.3) is 0 Å². The fraction of sp³-hybridized carbons (Fsp3) is 0.750. The Hall–Kier alpha value is -0.730. The summed E-state index contributed by atoms with van der Waals surface area (Å²) in [5.74, 6) is 0.604. The lowest BCUT2D eigenvalue weighted by molar-refractivity contribution is 0.0995. The van der Waals surface area contributed by atoms with Crippen LogP contribution in [0.3, 0.4) is 0 Å². The molecule has 1 atom stereocenters. The van der Waals surface area contributed by atoms with Gasteiger partial charge in [0.15, 0.2) is 0 Å². The third kappa shape index (κ3) is 0.824. The van der Waals surface area contributed by atoms with Crippen LogP contribution in [-0.2, 0) is 4.84 Å². The molecule has 3 heteroatoms. The van der Waals surface area contributed by atoms with Crippen LogP contribution in [0.5, 0.6) is 0 Å². The molecule has 40 valence electrons. The average molecular weight is 100 g/mol. The summed E-state index contributed by atoms with van der Waals surface area (Å²) in [4.78, 5) is 4.73. The Morgan fingerprint density at radius 2 is 2.71 bits per heavy atom. The smallest absolute Gasteiger partial charge is 0.143 e. The van der Waals surface area contributed by atoms with Crippen LogP contribution in [-0.4, -0.2) is 11.9 Å². The normalized spacial score (nSPS) is 29.3. The first-order valence-corrected chi connectivity index (χ1v) is 2.27. The van der Waals surface area contributed by atoms with Gasteiger partial charge >= 0.3 is 0 Å². The molecule has 0 spiro atoms. The van der Waals surface area contributed by atoms with Gasteiger partial charge < -0.3 is 10.6 Å². The fourth-order valence-corrected chi connectivity index (χ4v) is 0.527. The number of nitrogens with two attached hydrogens (primary N) is 1. The maximum atomic E-state index is 5.25. The number of oxime groups is 1. The summed E-state index contributed by atoms with van der Waals surface area (Å²) in [5, 5.41) is 3.51. The molecule has 0 unspecified atom stereocenters. The molecule has 0 aromatic carbocycles. The van der Waals surface area contributed by atoms with E-state index in [0.29, 0.717) is 5.84 Å². The van der Waals surface area contributed by atoms with Gasteiger partial charge in [-0.2, -0.15) is 0 Å². The van der Waals surface area contributed by atoms with Crippen molar-refractivity contribution in [3.8, 4) is 0 Å². The van der Waals surface area contributed by atoms with Gasteiger partial charge in [-0.05, 0) is 6.92 Å². The van der Waals surface area contributed by atoms with Crippen molar-refractivity contribution in [2.45, 2.75) is 19.4 Å². The van der Waals surface area contributed by atoms with Crippen molar-refractivity contribution < 1.29 is 4.84 Å². The zero-order valence-corrected chi connectivity index (χ0v) is 4.22. The maximum Gasteiger partial charge on any atom is 0.143 e. The number of amidine groups is 1. The first-order chi connectivity index (χ1) is 3.29. The van der Waals surface area contributed by atoms with Gasteiger partial charge in [0.25, 0.3) is 0 Å². The van der Waals surface area contributed by atoms with E-state index in [9.17, 15) is 0 Å². The molecule has 3 nitrogen and oxygen atoms in total. The Morgan fingerprint density at radius 1 is 2.00 bits per heavy atom. The monoisotopic (exact) mass is 100 g/mol. The molecule has 0 aromatic rings. The lowest BCUT2D eigenvalue weighted by atomic mass is 10.3. The van der Waals surface area contributed by atoms with Crippen molar-refractivity contribution in [3.05, 3.63) is 0 Å². The minimum absolute atomic E-state index is 0.194. The Morgan fingerprint density at radius 3 is 2.86 bits per heavy atom. The third-order valence-corrected chi connectivity index (χ3v) is 0.846. The fourth-order valence-electron chi connectivity index (χ4n) is 0.527. The van der Waals surface area contributed by atoms with Crippen LogP contribution in [0.4, 0.5) is 0 Å². The zero-order chi connectivity index (χ0) is 5.28. The molecule has 0 radical (unpaired) electrons. The molecule has 7 heavy (non-hydrogen) atoms. The van der Waals surface area contributed by atoms with E-state index in [-0.39, 0.29) is 6.10 Å². The Bertz CT molecular complexity index is 99.9. The van der Waals surface area contributed by atoms with Crippen molar-refractivity contribution in [2.24, 2.45) is 10.9 Å². The molecule has 0 aromatic heterocycles. The molecular weight excluding hydrogens is 92.1 g/mol. The van der Waals surface area contributed by atoms with Crippen LogP contribution in [0.2, 0.25) is 0 Å². The molecule has 0 saturated heterocycles.